The van der Waals surface area contributed by atoms with E-state index in [1.54, 1.807) is 0 Å². The first kappa shape index (κ1) is 12.2. The second-order valence-electron chi connectivity index (χ2n) is 3.75. The minimum Gasteiger partial charge on any atom is -0.494 e. The fourth-order valence-corrected chi connectivity index (χ4v) is 1.45. The normalized spacial score (nSPS) is 10.3. The molecule has 0 saturated heterocycles. The SMILES string of the molecule is CCCOc1ccc(-c2cc(C(=O)O)on2)cc1. The second-order valence-corrected chi connectivity index (χ2v) is 3.75. The Balaban J connectivity index is 2.15. The first-order chi connectivity index (χ1) is 8.70. The molecule has 0 radical (unpaired) electrons. The van der Waals surface area contributed by atoms with Crippen molar-refractivity contribution >= 4 is 5.97 Å². The van der Waals surface area contributed by atoms with Crippen LogP contribution >= 0.6 is 0 Å². The van der Waals surface area contributed by atoms with Gasteiger partial charge < -0.3 is 14.4 Å². The second kappa shape index (κ2) is 5.35. The van der Waals surface area contributed by atoms with Gasteiger partial charge in [-0.25, -0.2) is 4.79 Å². The van der Waals surface area contributed by atoms with Crippen LogP contribution in [0.1, 0.15) is 23.9 Å². The van der Waals surface area contributed by atoms with E-state index in [1.807, 2.05) is 31.2 Å². The Kier molecular flexibility index (Phi) is 3.62. The van der Waals surface area contributed by atoms with E-state index in [0.29, 0.717) is 12.3 Å². The van der Waals surface area contributed by atoms with Gasteiger partial charge in [0.1, 0.15) is 11.4 Å². The number of aromatic nitrogens is 1. The highest BCUT2D eigenvalue weighted by Gasteiger charge is 2.12. The van der Waals surface area contributed by atoms with Crippen molar-refractivity contribution in [2.75, 3.05) is 6.61 Å². The number of hydrogen-bond acceptors (Lipinski definition) is 4. The minimum atomic E-state index is -1.13. The third-order valence-electron chi connectivity index (χ3n) is 2.34. The molecular weight excluding hydrogens is 234 g/mol. The van der Waals surface area contributed by atoms with E-state index in [-0.39, 0.29) is 5.76 Å². The molecule has 5 nitrogen and oxygen atoms in total. The lowest BCUT2D eigenvalue weighted by molar-refractivity contribution is 0.0652. The molecule has 2 aromatic rings. The maximum absolute atomic E-state index is 10.7. The largest absolute Gasteiger partial charge is 0.494 e. The van der Waals surface area contributed by atoms with Gasteiger partial charge in [-0.3, -0.25) is 0 Å². The van der Waals surface area contributed by atoms with Gasteiger partial charge in [-0.15, -0.1) is 0 Å². The summed E-state index contributed by atoms with van der Waals surface area (Å²) in [5, 5.41) is 12.4. The molecule has 0 aliphatic rings. The summed E-state index contributed by atoms with van der Waals surface area (Å²) < 4.78 is 10.1. The maximum Gasteiger partial charge on any atom is 0.374 e. The molecule has 0 spiro atoms. The molecule has 0 atom stereocenters. The van der Waals surface area contributed by atoms with Crippen molar-refractivity contribution in [1.29, 1.82) is 0 Å². The Morgan fingerprint density at radius 2 is 2.11 bits per heavy atom. The quantitative estimate of drug-likeness (QED) is 0.879. The van der Waals surface area contributed by atoms with Crippen molar-refractivity contribution in [1.82, 2.24) is 5.16 Å². The number of ether oxygens (including phenoxy) is 1. The highest BCUT2D eigenvalue weighted by atomic mass is 16.5. The zero-order valence-corrected chi connectivity index (χ0v) is 9.92. The van der Waals surface area contributed by atoms with E-state index in [9.17, 15) is 4.79 Å². The van der Waals surface area contributed by atoms with Crippen molar-refractivity contribution in [3.05, 3.63) is 36.1 Å². The van der Waals surface area contributed by atoms with Crippen LogP contribution in [0.2, 0.25) is 0 Å². The van der Waals surface area contributed by atoms with E-state index >= 15 is 0 Å². The van der Waals surface area contributed by atoms with E-state index in [2.05, 4.69) is 5.16 Å². The van der Waals surface area contributed by atoms with Crippen LogP contribution in [-0.4, -0.2) is 22.8 Å². The molecule has 0 unspecified atom stereocenters. The molecule has 94 valence electrons. The monoisotopic (exact) mass is 247 g/mol. The van der Waals surface area contributed by atoms with Gasteiger partial charge in [-0.2, -0.15) is 0 Å². The van der Waals surface area contributed by atoms with Gasteiger partial charge in [0.2, 0.25) is 5.76 Å². The van der Waals surface area contributed by atoms with Crippen molar-refractivity contribution in [2.45, 2.75) is 13.3 Å². The third kappa shape index (κ3) is 2.68. The molecule has 5 heteroatoms. The summed E-state index contributed by atoms with van der Waals surface area (Å²) in [7, 11) is 0. The van der Waals surface area contributed by atoms with Crippen LogP contribution in [0.25, 0.3) is 11.3 Å². The van der Waals surface area contributed by atoms with Crippen LogP contribution in [-0.2, 0) is 0 Å². The van der Waals surface area contributed by atoms with Gasteiger partial charge in [-0.05, 0) is 30.7 Å². The van der Waals surface area contributed by atoms with Crippen molar-refractivity contribution < 1.29 is 19.2 Å². The third-order valence-corrected chi connectivity index (χ3v) is 2.34. The van der Waals surface area contributed by atoms with E-state index in [1.165, 1.54) is 6.07 Å². The van der Waals surface area contributed by atoms with Gasteiger partial charge >= 0.3 is 5.97 Å². The maximum atomic E-state index is 10.7. The number of carboxylic acids is 1. The highest BCUT2D eigenvalue weighted by molar-refractivity contribution is 5.85. The number of hydrogen-bond donors (Lipinski definition) is 1. The lowest BCUT2D eigenvalue weighted by Crippen LogP contribution is -1.94. The van der Waals surface area contributed by atoms with Crippen LogP contribution in [0.15, 0.2) is 34.9 Å². The summed E-state index contributed by atoms with van der Waals surface area (Å²) in [5.74, 6) is -0.518. The van der Waals surface area contributed by atoms with Gasteiger partial charge in [0, 0.05) is 11.6 Å². The summed E-state index contributed by atoms with van der Waals surface area (Å²) in [5.41, 5.74) is 1.28. The summed E-state index contributed by atoms with van der Waals surface area (Å²) in [6.45, 7) is 2.71. The first-order valence-electron chi connectivity index (χ1n) is 5.64. The van der Waals surface area contributed by atoms with Gasteiger partial charge in [0.05, 0.1) is 6.61 Å². The molecule has 1 N–H and O–H groups in total. The Hall–Kier alpha value is -2.30. The number of benzene rings is 1. The molecule has 0 aliphatic heterocycles. The molecule has 1 aromatic heterocycles. The molecule has 0 saturated carbocycles. The molecule has 2 rings (SSSR count). The van der Waals surface area contributed by atoms with E-state index in [4.69, 9.17) is 14.4 Å². The Bertz CT molecular complexity index is 530. The minimum absolute atomic E-state index is 0.170. The summed E-state index contributed by atoms with van der Waals surface area (Å²) in [4.78, 5) is 10.7. The molecule has 0 bridgehead atoms. The van der Waals surface area contributed by atoms with E-state index < -0.39 is 5.97 Å². The first-order valence-corrected chi connectivity index (χ1v) is 5.64. The van der Waals surface area contributed by atoms with Crippen molar-refractivity contribution in [2.24, 2.45) is 0 Å². The number of rotatable bonds is 5. The number of nitrogens with zero attached hydrogens (tertiary/aromatic N) is 1. The Morgan fingerprint density at radius 1 is 1.39 bits per heavy atom. The highest BCUT2D eigenvalue weighted by Crippen LogP contribution is 2.22. The fraction of sp³-hybridized carbons (Fsp3) is 0.231. The predicted octanol–water partition coefficient (Wildman–Crippen LogP) is 2.83. The molecule has 0 aliphatic carbocycles. The average Bonchev–Trinajstić information content (AvgIpc) is 2.87. The lowest BCUT2D eigenvalue weighted by atomic mass is 10.1. The van der Waals surface area contributed by atoms with Crippen LogP contribution < -0.4 is 4.74 Å². The number of carbonyl (C=O) groups is 1. The summed E-state index contributed by atoms with van der Waals surface area (Å²) >= 11 is 0. The van der Waals surface area contributed by atoms with Gasteiger partial charge in [0.25, 0.3) is 0 Å². The zero-order chi connectivity index (χ0) is 13.0. The Morgan fingerprint density at radius 3 is 2.67 bits per heavy atom. The molecule has 0 amide bonds. The molecule has 18 heavy (non-hydrogen) atoms. The lowest BCUT2D eigenvalue weighted by Gasteiger charge is -2.04. The molecule has 0 fully saturated rings. The number of carboxylic acid groups (broad SMARTS) is 1. The molecule has 1 aromatic carbocycles. The summed E-state index contributed by atoms with van der Waals surface area (Å²) in [6, 6.07) is 8.66. The standard InChI is InChI=1S/C13H13NO4/c1-2-7-17-10-5-3-9(4-6-10)11-8-12(13(15)16)18-14-11/h3-6,8H,2,7H2,1H3,(H,15,16). The van der Waals surface area contributed by atoms with Crippen molar-refractivity contribution in [3.63, 3.8) is 0 Å². The van der Waals surface area contributed by atoms with Gasteiger partial charge in [-0.1, -0.05) is 12.1 Å². The van der Waals surface area contributed by atoms with Crippen LogP contribution in [0.5, 0.6) is 5.75 Å². The van der Waals surface area contributed by atoms with Crippen LogP contribution in [0, 0.1) is 0 Å². The fourth-order valence-electron chi connectivity index (χ4n) is 1.45. The Labute approximate surface area is 104 Å². The van der Waals surface area contributed by atoms with Gasteiger partial charge in [0.15, 0.2) is 0 Å². The number of aromatic carboxylic acids is 1. The molecular formula is C13H13NO4. The van der Waals surface area contributed by atoms with E-state index in [0.717, 1.165) is 17.7 Å². The average molecular weight is 247 g/mol. The van der Waals surface area contributed by atoms with Crippen molar-refractivity contribution in [3.8, 4) is 17.0 Å². The molecule has 1 heterocycles. The zero-order valence-electron chi connectivity index (χ0n) is 9.92. The smallest absolute Gasteiger partial charge is 0.374 e. The topological polar surface area (TPSA) is 72.6 Å². The predicted molar refractivity (Wildman–Crippen MR) is 64.7 cm³/mol. The van der Waals surface area contributed by atoms with Crippen LogP contribution in [0.3, 0.4) is 0 Å². The van der Waals surface area contributed by atoms with Crippen LogP contribution in [0.4, 0.5) is 0 Å². The summed E-state index contributed by atoms with van der Waals surface area (Å²) in [6.07, 6.45) is 0.951.